The molecule has 2 aliphatic carbocycles. The predicted octanol–water partition coefficient (Wildman–Crippen LogP) is 2.76. The van der Waals surface area contributed by atoms with Crippen molar-refractivity contribution in [3.8, 4) is 11.8 Å². The van der Waals surface area contributed by atoms with Crippen molar-refractivity contribution in [3.05, 3.63) is 11.1 Å². The summed E-state index contributed by atoms with van der Waals surface area (Å²) >= 11 is 0. The Morgan fingerprint density at radius 2 is 1.91 bits per heavy atom. The van der Waals surface area contributed by atoms with Gasteiger partial charge in [-0.3, -0.25) is 0 Å². The summed E-state index contributed by atoms with van der Waals surface area (Å²) in [4.78, 5) is 0. The Balaban J connectivity index is 2.35. The average Bonchev–Trinajstić information content (AvgIpc) is 2.45. The van der Waals surface area contributed by atoms with Gasteiger partial charge in [-0.05, 0) is 30.3 Å². The molecule has 0 heteroatoms. The highest BCUT2D eigenvalue weighted by molar-refractivity contribution is 5.45. The molecular formula is C11H14. The topological polar surface area (TPSA) is 0 Å². The summed E-state index contributed by atoms with van der Waals surface area (Å²) in [6.07, 6.45) is 3.76. The summed E-state index contributed by atoms with van der Waals surface area (Å²) < 4.78 is 0. The summed E-state index contributed by atoms with van der Waals surface area (Å²) in [5.41, 5.74) is 3.09. The van der Waals surface area contributed by atoms with Crippen molar-refractivity contribution in [1.82, 2.24) is 0 Å². The molecule has 2 aliphatic rings. The van der Waals surface area contributed by atoms with Crippen molar-refractivity contribution >= 4 is 0 Å². The van der Waals surface area contributed by atoms with E-state index in [1.807, 2.05) is 0 Å². The third kappa shape index (κ3) is 0.997. The minimum Gasteiger partial charge on any atom is -0.0937 e. The van der Waals surface area contributed by atoms with Crippen molar-refractivity contribution < 1.29 is 0 Å². The van der Waals surface area contributed by atoms with Crippen LogP contribution in [0.2, 0.25) is 0 Å². The smallest absolute Gasteiger partial charge is 0.0317 e. The minimum absolute atomic E-state index is 0.746. The molecule has 0 saturated carbocycles. The number of allylic oxidation sites excluding steroid dienone is 2. The molecule has 0 N–H and O–H groups in total. The summed E-state index contributed by atoms with van der Waals surface area (Å²) in [7, 11) is 0. The highest BCUT2D eigenvalue weighted by Crippen LogP contribution is 2.37. The van der Waals surface area contributed by atoms with Gasteiger partial charge in [-0.15, -0.1) is 0 Å². The number of hydrogen-bond acceptors (Lipinski definition) is 0. The van der Waals surface area contributed by atoms with E-state index in [4.69, 9.17) is 0 Å². The van der Waals surface area contributed by atoms with Gasteiger partial charge in [-0.2, -0.15) is 0 Å². The van der Waals surface area contributed by atoms with E-state index in [0.29, 0.717) is 0 Å². The van der Waals surface area contributed by atoms with Crippen LogP contribution in [0, 0.1) is 23.7 Å². The molecule has 0 amide bonds. The van der Waals surface area contributed by atoms with E-state index in [1.165, 1.54) is 18.4 Å². The Kier molecular flexibility index (Phi) is 1.53. The van der Waals surface area contributed by atoms with Gasteiger partial charge in [0.1, 0.15) is 0 Å². The molecule has 11 heavy (non-hydrogen) atoms. The maximum atomic E-state index is 3.27. The molecule has 0 aromatic rings. The van der Waals surface area contributed by atoms with Gasteiger partial charge in [-0.1, -0.05) is 25.7 Å². The van der Waals surface area contributed by atoms with Crippen LogP contribution in [0.15, 0.2) is 11.1 Å². The molecule has 0 fully saturated rings. The molecular weight excluding hydrogens is 132 g/mol. The second kappa shape index (κ2) is 2.41. The normalized spacial score (nSPS) is 34.7. The van der Waals surface area contributed by atoms with Crippen LogP contribution >= 0.6 is 0 Å². The zero-order valence-electron chi connectivity index (χ0n) is 7.28. The Bertz CT molecular complexity index is 259. The van der Waals surface area contributed by atoms with Crippen molar-refractivity contribution in [2.45, 2.75) is 33.1 Å². The molecule has 58 valence electrons. The van der Waals surface area contributed by atoms with Crippen LogP contribution in [-0.2, 0) is 0 Å². The predicted molar refractivity (Wildman–Crippen MR) is 47.0 cm³/mol. The van der Waals surface area contributed by atoms with Gasteiger partial charge in [0, 0.05) is 12.0 Å². The van der Waals surface area contributed by atoms with Gasteiger partial charge in [0.15, 0.2) is 0 Å². The molecule has 2 atom stereocenters. The highest BCUT2D eigenvalue weighted by atomic mass is 14.3. The van der Waals surface area contributed by atoms with Gasteiger partial charge < -0.3 is 0 Å². The molecule has 0 aliphatic heterocycles. The van der Waals surface area contributed by atoms with E-state index in [0.717, 1.165) is 18.3 Å². The number of rotatable bonds is 0. The van der Waals surface area contributed by atoms with Crippen LogP contribution < -0.4 is 0 Å². The Hall–Kier alpha value is -0.700. The van der Waals surface area contributed by atoms with Gasteiger partial charge in [0.2, 0.25) is 0 Å². The zero-order valence-corrected chi connectivity index (χ0v) is 7.28. The minimum atomic E-state index is 0.746. The Labute approximate surface area is 68.7 Å². The molecule has 2 rings (SSSR count). The van der Waals surface area contributed by atoms with Crippen molar-refractivity contribution in [2.24, 2.45) is 11.8 Å². The first-order valence-corrected chi connectivity index (χ1v) is 4.51. The van der Waals surface area contributed by atoms with Crippen molar-refractivity contribution in [2.75, 3.05) is 0 Å². The van der Waals surface area contributed by atoms with Gasteiger partial charge in [-0.25, -0.2) is 0 Å². The summed E-state index contributed by atoms with van der Waals surface area (Å²) in [6.45, 7) is 4.64. The first-order valence-electron chi connectivity index (χ1n) is 4.51. The lowest BCUT2D eigenvalue weighted by atomic mass is 9.79. The second-order valence-corrected chi connectivity index (χ2v) is 3.80. The first-order chi connectivity index (χ1) is 5.29. The maximum Gasteiger partial charge on any atom is 0.0317 e. The molecule has 0 bridgehead atoms. The lowest BCUT2D eigenvalue weighted by molar-refractivity contribution is 0.464. The van der Waals surface area contributed by atoms with Crippen LogP contribution in [-0.4, -0.2) is 0 Å². The van der Waals surface area contributed by atoms with E-state index in [-0.39, 0.29) is 0 Å². The number of hydrogen-bond donors (Lipinski definition) is 0. The van der Waals surface area contributed by atoms with E-state index >= 15 is 0 Å². The van der Waals surface area contributed by atoms with E-state index in [9.17, 15) is 0 Å². The third-order valence-electron chi connectivity index (χ3n) is 2.97. The second-order valence-electron chi connectivity index (χ2n) is 3.80. The van der Waals surface area contributed by atoms with Crippen LogP contribution in [0.25, 0.3) is 0 Å². The molecule has 0 spiro atoms. The van der Waals surface area contributed by atoms with Crippen LogP contribution in [0.1, 0.15) is 33.1 Å². The van der Waals surface area contributed by atoms with E-state index < -0.39 is 0 Å². The average molecular weight is 146 g/mol. The van der Waals surface area contributed by atoms with Gasteiger partial charge >= 0.3 is 0 Å². The Morgan fingerprint density at radius 3 is 2.64 bits per heavy atom. The third-order valence-corrected chi connectivity index (χ3v) is 2.97. The van der Waals surface area contributed by atoms with Gasteiger partial charge in [0.25, 0.3) is 0 Å². The van der Waals surface area contributed by atoms with Crippen LogP contribution in [0.4, 0.5) is 0 Å². The molecule has 0 aromatic carbocycles. The van der Waals surface area contributed by atoms with Gasteiger partial charge in [0.05, 0.1) is 0 Å². The summed E-state index contributed by atoms with van der Waals surface area (Å²) in [5.74, 6) is 8.01. The SMILES string of the molecule is C[C@@H]1CC[C@H](C)C2=C1CC#C2. The van der Waals surface area contributed by atoms with Crippen LogP contribution in [0.3, 0.4) is 0 Å². The monoisotopic (exact) mass is 146 g/mol. The lowest BCUT2D eigenvalue weighted by Crippen LogP contribution is -2.13. The van der Waals surface area contributed by atoms with E-state index in [1.54, 1.807) is 5.57 Å². The largest absolute Gasteiger partial charge is 0.0937 e. The standard InChI is InChI=1S/C11H14/c1-8-6-7-9(2)11-5-3-4-10(8)11/h8-9H,4,6-7H2,1-2H3/t8-,9+/m1/s1. The fourth-order valence-electron chi connectivity index (χ4n) is 2.11. The Morgan fingerprint density at radius 1 is 1.18 bits per heavy atom. The lowest BCUT2D eigenvalue weighted by Gasteiger charge is -2.25. The quantitative estimate of drug-likeness (QED) is 0.461. The highest BCUT2D eigenvalue weighted by Gasteiger charge is 2.24. The maximum absolute atomic E-state index is 3.27. The first kappa shape index (κ1) is 6.98. The molecule has 0 nitrogen and oxygen atoms in total. The fraction of sp³-hybridized carbons (Fsp3) is 0.636. The molecule has 0 radical (unpaired) electrons. The molecule has 0 unspecified atom stereocenters. The zero-order chi connectivity index (χ0) is 7.84. The van der Waals surface area contributed by atoms with Crippen molar-refractivity contribution in [3.63, 3.8) is 0 Å². The van der Waals surface area contributed by atoms with Crippen LogP contribution in [0.5, 0.6) is 0 Å². The molecule has 0 heterocycles. The summed E-state index contributed by atoms with van der Waals surface area (Å²) in [5, 5.41) is 0. The fourth-order valence-corrected chi connectivity index (χ4v) is 2.11. The van der Waals surface area contributed by atoms with Crippen molar-refractivity contribution in [1.29, 1.82) is 0 Å². The molecule has 0 aromatic heterocycles. The molecule has 0 saturated heterocycles. The summed E-state index contributed by atoms with van der Waals surface area (Å²) in [6, 6.07) is 0. The van der Waals surface area contributed by atoms with E-state index in [2.05, 4.69) is 25.7 Å².